The Morgan fingerprint density at radius 2 is 1.91 bits per heavy atom. The van der Waals surface area contributed by atoms with Crippen LogP contribution in [0.3, 0.4) is 0 Å². The molecule has 2 rings (SSSR count). The van der Waals surface area contributed by atoms with E-state index in [2.05, 4.69) is 15.3 Å². The normalized spacial score (nSPS) is 15.3. The topological polar surface area (TPSA) is 96.5 Å². The van der Waals surface area contributed by atoms with Crippen molar-refractivity contribution in [3.63, 3.8) is 0 Å². The maximum absolute atomic E-state index is 11.6. The van der Waals surface area contributed by atoms with Crippen LogP contribution in [0.4, 0.5) is 16.4 Å². The van der Waals surface area contributed by atoms with Crippen molar-refractivity contribution in [2.24, 2.45) is 0 Å². The lowest BCUT2D eigenvalue weighted by Gasteiger charge is -2.27. The molecule has 0 aliphatic carbocycles. The number of amides is 3. The van der Waals surface area contributed by atoms with Crippen molar-refractivity contribution in [2.45, 2.75) is 3.79 Å². The number of hydrogen-bond donors (Lipinski definition) is 2. The number of nitrogens with one attached hydrogen (secondary N) is 2. The van der Waals surface area contributed by atoms with Gasteiger partial charge in [-0.15, -0.1) is 0 Å². The van der Waals surface area contributed by atoms with Gasteiger partial charge in [0.05, 0.1) is 13.2 Å². The lowest BCUT2D eigenvalue weighted by Crippen LogP contribution is -2.41. The van der Waals surface area contributed by atoms with Crippen molar-refractivity contribution in [3.8, 4) is 0 Å². The lowest BCUT2D eigenvalue weighted by molar-refractivity contribution is -0.119. The van der Waals surface area contributed by atoms with Gasteiger partial charge in [-0.05, 0) is 0 Å². The molecule has 0 spiro atoms. The van der Waals surface area contributed by atoms with Gasteiger partial charge in [-0.3, -0.25) is 15.4 Å². The number of anilines is 2. The molecule has 1 aliphatic heterocycles. The molecule has 0 saturated carbocycles. The lowest BCUT2D eigenvalue weighted by atomic mass is 10.4. The number of carbonyl (C=O) groups is 2. The molecule has 1 aliphatic rings. The predicted molar refractivity (Wildman–Crippen MR) is 82.5 cm³/mol. The molecule has 8 nitrogen and oxygen atoms in total. The molecule has 2 heterocycles. The van der Waals surface area contributed by atoms with Gasteiger partial charge in [0.2, 0.25) is 0 Å². The minimum atomic E-state index is -2.22. The van der Waals surface area contributed by atoms with Gasteiger partial charge >= 0.3 is 6.03 Å². The number of morpholine rings is 1. The van der Waals surface area contributed by atoms with Crippen LogP contribution < -0.4 is 15.5 Å². The van der Waals surface area contributed by atoms with Crippen molar-refractivity contribution in [3.05, 3.63) is 12.4 Å². The van der Waals surface area contributed by atoms with Gasteiger partial charge in [0.1, 0.15) is 18.0 Å². The van der Waals surface area contributed by atoms with Gasteiger partial charge in [-0.25, -0.2) is 14.8 Å². The fourth-order valence-corrected chi connectivity index (χ4v) is 1.84. The van der Waals surface area contributed by atoms with Crippen LogP contribution in [0.2, 0.25) is 0 Å². The van der Waals surface area contributed by atoms with Crippen LogP contribution in [-0.4, -0.2) is 52.0 Å². The van der Waals surface area contributed by atoms with E-state index in [0.717, 1.165) is 0 Å². The average molecular weight is 369 g/mol. The van der Waals surface area contributed by atoms with Crippen molar-refractivity contribution < 1.29 is 14.3 Å². The standard InChI is InChI=1S/C11H12Cl3N5O3/c12-11(13,14)9(20)18-10(21)17-7-5-8(16-6-15-7)19-1-3-22-4-2-19/h5-6H,1-4H2,(H2,15,16,17,18,20,21). The number of carbonyl (C=O) groups excluding carboxylic acids is 2. The van der Waals surface area contributed by atoms with E-state index in [1.54, 1.807) is 6.07 Å². The fraction of sp³-hybridized carbons (Fsp3) is 0.455. The third kappa shape index (κ3) is 4.84. The Morgan fingerprint density at radius 1 is 1.23 bits per heavy atom. The van der Waals surface area contributed by atoms with Crippen LogP contribution in [0.25, 0.3) is 0 Å². The Hall–Kier alpha value is -1.35. The second-order valence-electron chi connectivity index (χ2n) is 4.27. The molecule has 120 valence electrons. The Labute approximate surface area is 141 Å². The highest BCUT2D eigenvalue weighted by molar-refractivity contribution is 6.76. The van der Waals surface area contributed by atoms with Crippen molar-refractivity contribution in [1.82, 2.24) is 15.3 Å². The van der Waals surface area contributed by atoms with Crippen LogP contribution in [0.1, 0.15) is 0 Å². The molecule has 1 fully saturated rings. The Morgan fingerprint density at radius 3 is 2.55 bits per heavy atom. The third-order valence-electron chi connectivity index (χ3n) is 2.71. The maximum atomic E-state index is 11.6. The highest BCUT2D eigenvalue weighted by Gasteiger charge is 2.32. The summed E-state index contributed by atoms with van der Waals surface area (Å²) in [5.41, 5.74) is 0. The molecule has 0 bridgehead atoms. The fourth-order valence-electron chi connectivity index (χ4n) is 1.70. The monoisotopic (exact) mass is 367 g/mol. The number of nitrogens with zero attached hydrogens (tertiary/aromatic N) is 3. The highest BCUT2D eigenvalue weighted by atomic mass is 35.6. The molecule has 22 heavy (non-hydrogen) atoms. The Bertz CT molecular complexity index is 560. The Balaban J connectivity index is 1.98. The summed E-state index contributed by atoms with van der Waals surface area (Å²) in [7, 11) is 0. The smallest absolute Gasteiger partial charge is 0.327 e. The Kier molecular flexibility index (Phi) is 5.63. The van der Waals surface area contributed by atoms with Gasteiger partial charge in [0.15, 0.2) is 0 Å². The van der Waals surface area contributed by atoms with Crippen LogP contribution in [0, 0.1) is 0 Å². The van der Waals surface area contributed by atoms with Gasteiger partial charge in [0.25, 0.3) is 9.70 Å². The second-order valence-corrected chi connectivity index (χ2v) is 6.55. The summed E-state index contributed by atoms with van der Waals surface area (Å²) < 4.78 is 3.03. The van der Waals surface area contributed by atoms with E-state index in [-0.39, 0.29) is 5.82 Å². The van der Waals surface area contributed by atoms with Crippen LogP contribution in [-0.2, 0) is 9.53 Å². The summed E-state index contributed by atoms with van der Waals surface area (Å²) in [6.07, 6.45) is 1.30. The molecule has 1 aromatic rings. The van der Waals surface area contributed by atoms with E-state index in [9.17, 15) is 9.59 Å². The van der Waals surface area contributed by atoms with E-state index in [1.165, 1.54) is 6.33 Å². The number of aromatic nitrogens is 2. The van der Waals surface area contributed by atoms with Gasteiger partial charge < -0.3 is 9.64 Å². The zero-order valence-corrected chi connectivity index (χ0v) is 13.5. The van der Waals surface area contributed by atoms with Gasteiger partial charge in [-0.1, -0.05) is 34.8 Å². The molecule has 0 unspecified atom stereocenters. The molecular formula is C11H12Cl3N5O3. The molecule has 1 aromatic heterocycles. The average Bonchev–Trinajstić information content (AvgIpc) is 2.47. The first-order valence-corrected chi connectivity index (χ1v) is 7.33. The summed E-state index contributed by atoms with van der Waals surface area (Å²) in [6, 6.07) is 0.716. The second kappa shape index (κ2) is 7.28. The number of halogens is 3. The predicted octanol–water partition coefficient (Wildman–Crippen LogP) is 1.33. The highest BCUT2D eigenvalue weighted by Crippen LogP contribution is 2.25. The summed E-state index contributed by atoms with van der Waals surface area (Å²) in [6.45, 7) is 2.58. The largest absolute Gasteiger partial charge is 0.378 e. The van der Waals surface area contributed by atoms with E-state index < -0.39 is 15.7 Å². The minimum absolute atomic E-state index is 0.214. The number of imide groups is 1. The number of urea groups is 1. The van der Waals surface area contributed by atoms with Crippen molar-refractivity contribution >= 4 is 58.4 Å². The third-order valence-corrected chi connectivity index (χ3v) is 3.23. The molecule has 3 amide bonds. The summed E-state index contributed by atoms with van der Waals surface area (Å²) in [5.74, 6) is -0.204. The van der Waals surface area contributed by atoms with E-state index in [4.69, 9.17) is 39.5 Å². The van der Waals surface area contributed by atoms with Crippen molar-refractivity contribution in [1.29, 1.82) is 0 Å². The first-order chi connectivity index (χ1) is 10.4. The van der Waals surface area contributed by atoms with Crippen molar-refractivity contribution in [2.75, 3.05) is 36.5 Å². The molecule has 0 radical (unpaired) electrons. The zero-order valence-electron chi connectivity index (χ0n) is 11.2. The van der Waals surface area contributed by atoms with E-state index >= 15 is 0 Å². The first-order valence-electron chi connectivity index (χ1n) is 6.20. The summed E-state index contributed by atoms with van der Waals surface area (Å²) in [4.78, 5) is 33.0. The summed E-state index contributed by atoms with van der Waals surface area (Å²) in [5, 5.41) is 4.26. The molecule has 11 heteroatoms. The zero-order chi connectivity index (χ0) is 16.2. The van der Waals surface area contributed by atoms with E-state index in [0.29, 0.717) is 32.1 Å². The van der Waals surface area contributed by atoms with Gasteiger partial charge in [0, 0.05) is 19.2 Å². The number of alkyl halides is 3. The van der Waals surface area contributed by atoms with Gasteiger partial charge in [-0.2, -0.15) is 0 Å². The quantitative estimate of drug-likeness (QED) is 0.765. The molecule has 1 saturated heterocycles. The molecule has 0 atom stereocenters. The molecular weight excluding hydrogens is 357 g/mol. The number of rotatable bonds is 2. The maximum Gasteiger partial charge on any atom is 0.327 e. The van der Waals surface area contributed by atoms with Crippen LogP contribution in [0.15, 0.2) is 12.4 Å². The molecule has 0 aromatic carbocycles. The van der Waals surface area contributed by atoms with E-state index in [1.807, 2.05) is 10.2 Å². The first kappa shape index (κ1) is 17.0. The SMILES string of the molecule is O=C(NC(=O)C(Cl)(Cl)Cl)Nc1cc(N2CCOCC2)ncn1. The van der Waals surface area contributed by atoms with Crippen LogP contribution in [0.5, 0.6) is 0 Å². The summed E-state index contributed by atoms with van der Waals surface area (Å²) >= 11 is 16.1. The minimum Gasteiger partial charge on any atom is -0.378 e. The number of ether oxygens (including phenoxy) is 1. The van der Waals surface area contributed by atoms with Crippen LogP contribution >= 0.6 is 34.8 Å². The molecule has 2 N–H and O–H groups in total. The number of hydrogen-bond acceptors (Lipinski definition) is 6.